The van der Waals surface area contributed by atoms with Gasteiger partial charge in [-0.2, -0.15) is 0 Å². The fourth-order valence-electron chi connectivity index (χ4n) is 3.56. The summed E-state index contributed by atoms with van der Waals surface area (Å²) < 4.78 is 13.5. The number of benzene rings is 3. The summed E-state index contributed by atoms with van der Waals surface area (Å²) in [5, 5.41) is 0.652. The van der Waals surface area contributed by atoms with E-state index >= 15 is 0 Å². The van der Waals surface area contributed by atoms with Crippen molar-refractivity contribution in [1.82, 2.24) is 0 Å². The van der Waals surface area contributed by atoms with Crippen LogP contribution >= 0.6 is 11.6 Å². The number of carbonyl (C=O) groups is 1. The van der Waals surface area contributed by atoms with Crippen LogP contribution in [0.2, 0.25) is 5.02 Å². The van der Waals surface area contributed by atoms with Crippen LogP contribution in [-0.2, 0) is 4.79 Å². The van der Waals surface area contributed by atoms with Gasteiger partial charge in [0.25, 0.3) is 0 Å². The van der Waals surface area contributed by atoms with Crippen molar-refractivity contribution in [2.24, 2.45) is 4.99 Å². The molecule has 0 N–H and O–H groups in total. The van der Waals surface area contributed by atoms with Gasteiger partial charge in [0.2, 0.25) is 5.91 Å². The van der Waals surface area contributed by atoms with Crippen LogP contribution in [0.1, 0.15) is 30.5 Å². The van der Waals surface area contributed by atoms with Gasteiger partial charge >= 0.3 is 0 Å². The Morgan fingerprint density at radius 3 is 2.39 bits per heavy atom. The van der Waals surface area contributed by atoms with E-state index in [-0.39, 0.29) is 17.8 Å². The van der Waals surface area contributed by atoms with Crippen LogP contribution in [-0.4, -0.2) is 11.6 Å². The predicted molar refractivity (Wildman–Crippen MR) is 111 cm³/mol. The molecule has 0 spiro atoms. The van der Waals surface area contributed by atoms with E-state index in [1.54, 1.807) is 24.0 Å². The van der Waals surface area contributed by atoms with Crippen molar-refractivity contribution in [3.8, 4) is 0 Å². The molecule has 3 nitrogen and oxygen atoms in total. The molecule has 1 aliphatic rings. The summed E-state index contributed by atoms with van der Waals surface area (Å²) in [5.74, 6) is -0.395. The standard InChI is InChI=1S/C23H18ClFN2O/c1-15(28)27-22-5-3-2-4-20(22)26-21(16-6-10-18(24)11-7-16)14-23(27)17-8-12-19(25)13-9-17/h2-13,23H,14H2,1H3. The number of amides is 1. The maximum atomic E-state index is 13.5. The highest BCUT2D eigenvalue weighted by Gasteiger charge is 2.30. The van der Waals surface area contributed by atoms with E-state index in [9.17, 15) is 9.18 Å². The molecule has 3 aromatic rings. The quantitative estimate of drug-likeness (QED) is 0.518. The third kappa shape index (κ3) is 3.56. The molecule has 0 aliphatic carbocycles. The molecule has 0 saturated carbocycles. The van der Waals surface area contributed by atoms with E-state index in [4.69, 9.17) is 16.6 Å². The zero-order valence-corrected chi connectivity index (χ0v) is 16.0. The lowest BCUT2D eigenvalue weighted by Crippen LogP contribution is -2.33. The van der Waals surface area contributed by atoms with Crippen molar-refractivity contribution < 1.29 is 9.18 Å². The molecule has 3 aromatic carbocycles. The fraction of sp³-hybridized carbons (Fsp3) is 0.130. The van der Waals surface area contributed by atoms with Crippen molar-refractivity contribution in [3.63, 3.8) is 0 Å². The highest BCUT2D eigenvalue weighted by Crippen LogP contribution is 2.40. The first-order valence-electron chi connectivity index (χ1n) is 9.01. The first kappa shape index (κ1) is 18.4. The molecule has 1 unspecified atom stereocenters. The third-order valence-electron chi connectivity index (χ3n) is 4.87. The van der Waals surface area contributed by atoms with Crippen molar-refractivity contribution in [2.45, 2.75) is 19.4 Å². The summed E-state index contributed by atoms with van der Waals surface area (Å²) >= 11 is 6.04. The summed E-state index contributed by atoms with van der Waals surface area (Å²) in [7, 11) is 0. The zero-order valence-electron chi connectivity index (χ0n) is 15.3. The molecule has 0 bridgehead atoms. The summed E-state index contributed by atoms with van der Waals surface area (Å²) in [6.07, 6.45) is 0.502. The van der Waals surface area contributed by atoms with Crippen LogP contribution in [0.5, 0.6) is 0 Å². The first-order chi connectivity index (χ1) is 13.5. The molecule has 0 radical (unpaired) electrons. The number of fused-ring (bicyclic) bond motifs is 1. The molecule has 28 heavy (non-hydrogen) atoms. The minimum atomic E-state index is -0.307. The Labute approximate surface area is 168 Å². The van der Waals surface area contributed by atoms with E-state index in [0.717, 1.165) is 28.2 Å². The number of halogens is 2. The molecule has 4 rings (SSSR count). The number of hydrogen-bond donors (Lipinski definition) is 0. The molecule has 1 atom stereocenters. The van der Waals surface area contributed by atoms with Crippen molar-refractivity contribution >= 4 is 34.6 Å². The van der Waals surface area contributed by atoms with Gasteiger partial charge in [-0.25, -0.2) is 4.39 Å². The van der Waals surface area contributed by atoms with Gasteiger partial charge in [-0.15, -0.1) is 0 Å². The van der Waals surface area contributed by atoms with Gasteiger partial charge in [-0.3, -0.25) is 9.79 Å². The van der Waals surface area contributed by atoms with Crippen LogP contribution in [0.15, 0.2) is 77.8 Å². The molecule has 0 aromatic heterocycles. The average molecular weight is 393 g/mol. The Hall–Kier alpha value is -2.98. The van der Waals surface area contributed by atoms with Crippen LogP contribution in [0.25, 0.3) is 0 Å². The third-order valence-corrected chi connectivity index (χ3v) is 5.12. The Balaban J connectivity index is 1.89. The predicted octanol–water partition coefficient (Wildman–Crippen LogP) is 6.10. The van der Waals surface area contributed by atoms with Crippen LogP contribution in [0.4, 0.5) is 15.8 Å². The van der Waals surface area contributed by atoms with E-state index in [2.05, 4.69) is 0 Å². The van der Waals surface area contributed by atoms with E-state index in [1.807, 2.05) is 48.5 Å². The molecular formula is C23H18ClFN2O. The van der Waals surface area contributed by atoms with Crippen LogP contribution < -0.4 is 4.90 Å². The van der Waals surface area contributed by atoms with Gasteiger partial charge in [-0.1, -0.05) is 48.0 Å². The molecule has 1 heterocycles. The van der Waals surface area contributed by atoms with Gasteiger partial charge in [0.05, 0.1) is 23.1 Å². The second-order valence-electron chi connectivity index (χ2n) is 6.71. The number of carbonyl (C=O) groups excluding carboxylic acids is 1. The Morgan fingerprint density at radius 1 is 1.04 bits per heavy atom. The van der Waals surface area contributed by atoms with Gasteiger partial charge in [0, 0.05) is 18.4 Å². The monoisotopic (exact) mass is 392 g/mol. The number of hydrogen-bond acceptors (Lipinski definition) is 2. The van der Waals surface area contributed by atoms with Crippen molar-refractivity contribution in [2.75, 3.05) is 4.90 Å². The van der Waals surface area contributed by atoms with Gasteiger partial charge in [-0.05, 0) is 47.5 Å². The molecule has 5 heteroatoms. The summed E-state index contributed by atoms with van der Waals surface area (Å²) in [5.41, 5.74) is 4.12. The highest BCUT2D eigenvalue weighted by atomic mass is 35.5. The SMILES string of the molecule is CC(=O)N1c2ccccc2N=C(c2ccc(Cl)cc2)CC1c1ccc(F)cc1. The van der Waals surface area contributed by atoms with Gasteiger partial charge < -0.3 is 4.90 Å². The summed E-state index contributed by atoms with van der Waals surface area (Å²) in [4.78, 5) is 19.3. The molecule has 0 saturated heterocycles. The minimum Gasteiger partial charge on any atom is -0.303 e. The minimum absolute atomic E-state index is 0.0886. The average Bonchev–Trinajstić information content (AvgIpc) is 2.86. The topological polar surface area (TPSA) is 32.7 Å². The Kier molecular flexibility index (Phi) is 4.97. The second kappa shape index (κ2) is 7.56. The van der Waals surface area contributed by atoms with Gasteiger partial charge in [0.1, 0.15) is 5.82 Å². The lowest BCUT2D eigenvalue weighted by atomic mass is 9.96. The molecule has 1 aliphatic heterocycles. The molecular weight excluding hydrogens is 375 g/mol. The van der Waals surface area contributed by atoms with E-state index < -0.39 is 0 Å². The van der Waals surface area contributed by atoms with E-state index in [0.29, 0.717) is 11.4 Å². The highest BCUT2D eigenvalue weighted by molar-refractivity contribution is 6.30. The van der Waals surface area contributed by atoms with E-state index in [1.165, 1.54) is 12.1 Å². The molecule has 1 amide bonds. The normalized spacial score (nSPS) is 16.2. The smallest absolute Gasteiger partial charge is 0.224 e. The molecule has 140 valence electrons. The molecule has 0 fully saturated rings. The van der Waals surface area contributed by atoms with Crippen molar-refractivity contribution in [3.05, 3.63) is 94.8 Å². The van der Waals surface area contributed by atoms with Crippen LogP contribution in [0.3, 0.4) is 0 Å². The second-order valence-corrected chi connectivity index (χ2v) is 7.15. The Bertz CT molecular complexity index is 1040. The summed E-state index contributed by atoms with van der Waals surface area (Å²) in [6, 6.07) is 21.1. The number of rotatable bonds is 2. The Morgan fingerprint density at radius 2 is 1.71 bits per heavy atom. The fourth-order valence-corrected chi connectivity index (χ4v) is 3.69. The van der Waals surface area contributed by atoms with Gasteiger partial charge in [0.15, 0.2) is 0 Å². The lowest BCUT2D eigenvalue weighted by Gasteiger charge is -2.30. The number of aliphatic imine (C=N–C) groups is 1. The van der Waals surface area contributed by atoms with Crippen molar-refractivity contribution in [1.29, 1.82) is 0 Å². The summed E-state index contributed by atoms with van der Waals surface area (Å²) in [6.45, 7) is 1.54. The maximum Gasteiger partial charge on any atom is 0.224 e. The number of nitrogens with zero attached hydrogens (tertiary/aromatic N) is 2. The first-order valence-corrected chi connectivity index (χ1v) is 9.38. The number of para-hydroxylation sites is 2. The maximum absolute atomic E-state index is 13.5. The van der Waals surface area contributed by atoms with Crippen LogP contribution in [0, 0.1) is 5.82 Å². The largest absolute Gasteiger partial charge is 0.303 e. The number of anilines is 1. The zero-order chi connectivity index (χ0) is 19.7. The lowest BCUT2D eigenvalue weighted by molar-refractivity contribution is -0.117.